The number of amides is 1. The van der Waals surface area contributed by atoms with Crippen molar-refractivity contribution in [2.45, 2.75) is 20.3 Å². The van der Waals surface area contributed by atoms with E-state index in [9.17, 15) is 4.79 Å². The number of thiazole rings is 1. The lowest BCUT2D eigenvalue weighted by atomic mass is 10.3. The number of aryl methyl sites for hydroxylation is 2. The molecule has 0 aliphatic heterocycles. The molecule has 0 unspecified atom stereocenters. The normalized spacial score (nSPS) is 10.4. The fourth-order valence-corrected chi connectivity index (χ4v) is 2.70. The average molecular weight is 325 g/mol. The molecule has 2 aromatic rings. The summed E-state index contributed by atoms with van der Waals surface area (Å²) < 4.78 is 0.989. The van der Waals surface area contributed by atoms with Crippen molar-refractivity contribution >= 4 is 38.9 Å². The molecule has 0 aliphatic carbocycles. The van der Waals surface area contributed by atoms with Crippen molar-refractivity contribution in [3.8, 4) is 0 Å². The quantitative estimate of drug-likeness (QED) is 0.926. The van der Waals surface area contributed by atoms with Gasteiger partial charge in [0.25, 0.3) is 5.91 Å². The fraction of sp³-hybridized carbons (Fsp3) is 0.231. The van der Waals surface area contributed by atoms with Gasteiger partial charge in [-0.2, -0.15) is 0 Å². The third kappa shape index (κ3) is 2.97. The van der Waals surface area contributed by atoms with Crippen LogP contribution in [0.3, 0.4) is 0 Å². The minimum atomic E-state index is -0.0907. The van der Waals surface area contributed by atoms with Gasteiger partial charge in [-0.15, -0.1) is 11.3 Å². The number of anilines is 1. The van der Waals surface area contributed by atoms with Gasteiger partial charge >= 0.3 is 0 Å². The highest BCUT2D eigenvalue weighted by atomic mass is 79.9. The number of nitrogens with one attached hydrogen (secondary N) is 1. The summed E-state index contributed by atoms with van der Waals surface area (Å²) >= 11 is 4.82. The second-order valence-electron chi connectivity index (χ2n) is 3.84. The van der Waals surface area contributed by atoms with Gasteiger partial charge in [0.2, 0.25) is 0 Å². The minimum Gasteiger partial charge on any atom is -0.321 e. The second kappa shape index (κ2) is 5.63. The summed E-state index contributed by atoms with van der Waals surface area (Å²) in [4.78, 5) is 17.1. The molecule has 1 aromatic carbocycles. The predicted octanol–water partition coefficient (Wildman–Crippen LogP) is 4.03. The van der Waals surface area contributed by atoms with Crippen LogP contribution in [-0.2, 0) is 6.42 Å². The Bertz CT molecular complexity index is 563. The van der Waals surface area contributed by atoms with Crippen LogP contribution in [0.4, 0.5) is 5.69 Å². The molecule has 3 nitrogen and oxygen atoms in total. The maximum absolute atomic E-state index is 12.1. The number of halogens is 1. The van der Waals surface area contributed by atoms with Crippen molar-refractivity contribution in [3.05, 3.63) is 44.3 Å². The summed E-state index contributed by atoms with van der Waals surface area (Å²) in [6.07, 6.45) is 0.858. The third-order valence-electron chi connectivity index (χ3n) is 2.45. The molecular formula is C13H13BrN2OS. The number of benzene rings is 1. The maximum atomic E-state index is 12.1. The Kier molecular flexibility index (Phi) is 4.14. The molecule has 94 valence electrons. The number of rotatable bonds is 3. The van der Waals surface area contributed by atoms with Crippen LogP contribution in [0.5, 0.6) is 0 Å². The molecule has 0 fully saturated rings. The van der Waals surface area contributed by atoms with Crippen molar-refractivity contribution < 1.29 is 4.79 Å². The number of nitrogens with zero attached hydrogens (tertiary/aromatic N) is 1. The van der Waals surface area contributed by atoms with Crippen molar-refractivity contribution in [2.24, 2.45) is 0 Å². The van der Waals surface area contributed by atoms with Crippen LogP contribution in [0.15, 0.2) is 28.7 Å². The van der Waals surface area contributed by atoms with E-state index in [4.69, 9.17) is 0 Å². The first kappa shape index (κ1) is 13.2. The van der Waals surface area contributed by atoms with Crippen molar-refractivity contribution in [3.63, 3.8) is 0 Å². The molecule has 0 atom stereocenters. The van der Waals surface area contributed by atoms with Crippen LogP contribution in [0.2, 0.25) is 0 Å². The summed E-state index contributed by atoms with van der Waals surface area (Å²) in [6.45, 7) is 3.90. The van der Waals surface area contributed by atoms with Crippen LogP contribution in [0.1, 0.15) is 27.3 Å². The smallest absolute Gasteiger partial charge is 0.267 e. The summed E-state index contributed by atoms with van der Waals surface area (Å²) in [5, 5.41) is 3.87. The lowest BCUT2D eigenvalue weighted by Crippen LogP contribution is -2.11. The van der Waals surface area contributed by atoms with E-state index in [-0.39, 0.29) is 5.91 Å². The Hall–Kier alpha value is -1.20. The number of carbonyl (C=O) groups is 1. The van der Waals surface area contributed by atoms with Gasteiger partial charge in [-0.1, -0.05) is 22.9 Å². The van der Waals surface area contributed by atoms with Crippen LogP contribution in [-0.4, -0.2) is 10.9 Å². The molecule has 1 heterocycles. The number of aromatic nitrogens is 1. The summed E-state index contributed by atoms with van der Waals surface area (Å²) in [5.41, 5.74) is 1.58. The standard InChI is InChI=1S/C13H13BrN2OS/c1-3-11-15-8(2)12(18-11)13(17)16-10-6-4-9(14)5-7-10/h4-7H,3H2,1-2H3,(H,16,17). The molecular weight excluding hydrogens is 312 g/mol. The molecule has 0 saturated heterocycles. The van der Waals surface area contributed by atoms with E-state index in [1.165, 1.54) is 11.3 Å². The average Bonchev–Trinajstić information content (AvgIpc) is 2.73. The second-order valence-corrected chi connectivity index (χ2v) is 5.84. The predicted molar refractivity (Wildman–Crippen MR) is 78.3 cm³/mol. The van der Waals surface area contributed by atoms with Crippen LogP contribution in [0, 0.1) is 6.92 Å². The molecule has 1 amide bonds. The third-order valence-corrected chi connectivity index (χ3v) is 4.28. The van der Waals surface area contributed by atoms with Crippen LogP contribution < -0.4 is 5.32 Å². The summed E-state index contributed by atoms with van der Waals surface area (Å²) in [6, 6.07) is 7.51. The van der Waals surface area contributed by atoms with Gasteiger partial charge in [-0.25, -0.2) is 4.98 Å². The highest BCUT2D eigenvalue weighted by Gasteiger charge is 2.14. The highest BCUT2D eigenvalue weighted by molar-refractivity contribution is 9.10. The van der Waals surface area contributed by atoms with E-state index in [2.05, 4.69) is 26.2 Å². The van der Waals surface area contributed by atoms with E-state index in [1.54, 1.807) is 0 Å². The van der Waals surface area contributed by atoms with Gasteiger partial charge in [-0.3, -0.25) is 4.79 Å². The van der Waals surface area contributed by atoms with Crippen molar-refractivity contribution in [2.75, 3.05) is 5.32 Å². The number of carbonyl (C=O) groups excluding carboxylic acids is 1. The molecule has 18 heavy (non-hydrogen) atoms. The molecule has 0 saturated carbocycles. The zero-order chi connectivity index (χ0) is 13.1. The molecule has 0 bridgehead atoms. The molecule has 0 radical (unpaired) electrons. The van der Waals surface area contributed by atoms with Crippen molar-refractivity contribution in [1.82, 2.24) is 4.98 Å². The zero-order valence-electron chi connectivity index (χ0n) is 10.2. The molecule has 2 rings (SSSR count). The molecule has 1 N–H and O–H groups in total. The molecule has 0 aliphatic rings. The zero-order valence-corrected chi connectivity index (χ0v) is 12.6. The first-order chi connectivity index (χ1) is 8.60. The monoisotopic (exact) mass is 324 g/mol. The Balaban J connectivity index is 2.16. The Morgan fingerprint density at radius 2 is 2.06 bits per heavy atom. The van der Waals surface area contributed by atoms with Crippen LogP contribution in [0.25, 0.3) is 0 Å². The van der Waals surface area contributed by atoms with Gasteiger partial charge in [-0.05, 0) is 37.6 Å². The Morgan fingerprint density at radius 3 is 2.61 bits per heavy atom. The molecule has 5 heteroatoms. The summed E-state index contributed by atoms with van der Waals surface area (Å²) in [7, 11) is 0. The van der Waals surface area contributed by atoms with Gasteiger partial charge in [0.1, 0.15) is 4.88 Å². The first-order valence-corrected chi connectivity index (χ1v) is 7.24. The Labute approximate surface area is 118 Å². The van der Waals surface area contributed by atoms with Gasteiger partial charge < -0.3 is 5.32 Å². The lowest BCUT2D eigenvalue weighted by Gasteiger charge is -2.03. The SMILES string of the molecule is CCc1nc(C)c(C(=O)Nc2ccc(Br)cc2)s1. The number of hydrogen-bond donors (Lipinski definition) is 1. The molecule has 1 aromatic heterocycles. The van der Waals surface area contributed by atoms with Crippen LogP contribution >= 0.6 is 27.3 Å². The first-order valence-electron chi connectivity index (χ1n) is 5.63. The largest absolute Gasteiger partial charge is 0.321 e. The number of hydrogen-bond acceptors (Lipinski definition) is 3. The van der Waals surface area contributed by atoms with E-state index in [0.29, 0.717) is 4.88 Å². The fourth-order valence-electron chi connectivity index (χ4n) is 1.54. The highest BCUT2D eigenvalue weighted by Crippen LogP contribution is 2.21. The van der Waals surface area contributed by atoms with Gasteiger partial charge in [0, 0.05) is 10.2 Å². The van der Waals surface area contributed by atoms with E-state index in [1.807, 2.05) is 38.1 Å². The van der Waals surface area contributed by atoms with Gasteiger partial charge in [0.15, 0.2) is 0 Å². The minimum absolute atomic E-state index is 0.0907. The molecule has 0 spiro atoms. The topological polar surface area (TPSA) is 42.0 Å². The summed E-state index contributed by atoms with van der Waals surface area (Å²) in [5.74, 6) is -0.0907. The van der Waals surface area contributed by atoms with E-state index in [0.717, 1.165) is 27.3 Å². The van der Waals surface area contributed by atoms with Crippen molar-refractivity contribution in [1.29, 1.82) is 0 Å². The van der Waals surface area contributed by atoms with E-state index < -0.39 is 0 Å². The maximum Gasteiger partial charge on any atom is 0.267 e. The lowest BCUT2D eigenvalue weighted by molar-refractivity contribution is 0.103. The Morgan fingerprint density at radius 1 is 1.39 bits per heavy atom. The van der Waals surface area contributed by atoms with E-state index >= 15 is 0 Å². The van der Waals surface area contributed by atoms with Gasteiger partial charge in [0.05, 0.1) is 10.7 Å².